The van der Waals surface area contributed by atoms with E-state index >= 15 is 0 Å². The molecule has 0 aromatic heterocycles. The Morgan fingerprint density at radius 2 is 1.75 bits per heavy atom. The van der Waals surface area contributed by atoms with Crippen LogP contribution in [-0.4, -0.2) is 25.1 Å². The van der Waals surface area contributed by atoms with Crippen LogP contribution in [0, 0.1) is 11.6 Å². The van der Waals surface area contributed by atoms with Gasteiger partial charge in [-0.15, -0.1) is 0 Å². The predicted octanol–water partition coefficient (Wildman–Crippen LogP) is 3.29. The Bertz CT molecular complexity index is 737. The van der Waals surface area contributed by atoms with Gasteiger partial charge in [-0.2, -0.15) is 0 Å². The van der Waals surface area contributed by atoms with Crippen molar-refractivity contribution >= 4 is 33.5 Å². The zero-order valence-corrected chi connectivity index (χ0v) is 13.8. The van der Waals surface area contributed by atoms with E-state index in [4.69, 9.17) is 9.47 Å². The number of esters is 1. The average molecular weight is 400 g/mol. The Morgan fingerprint density at radius 1 is 1.04 bits per heavy atom. The summed E-state index contributed by atoms with van der Waals surface area (Å²) in [4.78, 5) is 23.1. The second-order valence-electron chi connectivity index (χ2n) is 4.58. The first kappa shape index (κ1) is 17.9. The summed E-state index contributed by atoms with van der Waals surface area (Å²) in [5, 5.41) is 2.11. The summed E-state index contributed by atoms with van der Waals surface area (Å²) in [7, 11) is 0. The number of amides is 1. The van der Waals surface area contributed by atoms with Crippen LogP contribution in [0.5, 0.6) is 5.75 Å². The molecule has 0 bridgehead atoms. The molecule has 2 rings (SSSR count). The summed E-state index contributed by atoms with van der Waals surface area (Å²) >= 11 is 3.26. The minimum atomic E-state index is -0.797. The maximum Gasteiger partial charge on any atom is 0.344 e. The number of benzene rings is 2. The molecule has 2 aromatic rings. The first-order valence-electron chi connectivity index (χ1n) is 6.73. The van der Waals surface area contributed by atoms with Gasteiger partial charge in [0.1, 0.15) is 17.4 Å². The topological polar surface area (TPSA) is 64.6 Å². The van der Waals surface area contributed by atoms with Crippen molar-refractivity contribution in [3.8, 4) is 5.75 Å². The standard InChI is InChI=1S/C16H12BrF2NO4/c17-10-1-4-12(5-2-10)23-9-16(22)24-8-15(21)20-14-7-11(18)3-6-13(14)19/h1-7H,8-9H2,(H,20,21). The molecular weight excluding hydrogens is 388 g/mol. The molecule has 0 aliphatic carbocycles. The monoisotopic (exact) mass is 399 g/mol. The SMILES string of the molecule is O=C(COC(=O)COc1ccc(Br)cc1)Nc1cc(F)ccc1F. The number of carbonyl (C=O) groups excluding carboxylic acids is 2. The van der Waals surface area contributed by atoms with Crippen LogP contribution in [0.2, 0.25) is 0 Å². The molecule has 1 N–H and O–H groups in total. The molecule has 0 saturated carbocycles. The van der Waals surface area contributed by atoms with Crippen LogP contribution < -0.4 is 10.1 Å². The summed E-state index contributed by atoms with van der Waals surface area (Å²) in [5.41, 5.74) is -0.331. The van der Waals surface area contributed by atoms with Gasteiger partial charge in [-0.05, 0) is 36.4 Å². The van der Waals surface area contributed by atoms with Crippen molar-refractivity contribution < 1.29 is 27.8 Å². The number of ether oxygens (including phenoxy) is 2. The van der Waals surface area contributed by atoms with E-state index < -0.39 is 30.1 Å². The van der Waals surface area contributed by atoms with Gasteiger partial charge in [0.15, 0.2) is 13.2 Å². The van der Waals surface area contributed by atoms with Crippen LogP contribution in [-0.2, 0) is 14.3 Å². The highest BCUT2D eigenvalue weighted by molar-refractivity contribution is 9.10. The molecule has 0 radical (unpaired) electrons. The minimum Gasteiger partial charge on any atom is -0.482 e. The van der Waals surface area contributed by atoms with Gasteiger partial charge in [0.25, 0.3) is 5.91 Å². The first-order valence-corrected chi connectivity index (χ1v) is 7.52. The summed E-state index contributed by atoms with van der Waals surface area (Å²) in [6, 6.07) is 9.40. The number of halogens is 3. The largest absolute Gasteiger partial charge is 0.482 e. The van der Waals surface area contributed by atoms with Gasteiger partial charge >= 0.3 is 5.97 Å². The third-order valence-electron chi connectivity index (χ3n) is 2.74. The van der Waals surface area contributed by atoms with Gasteiger partial charge in [0.2, 0.25) is 0 Å². The number of anilines is 1. The molecule has 126 valence electrons. The van der Waals surface area contributed by atoms with E-state index in [2.05, 4.69) is 21.2 Å². The number of hydrogen-bond donors (Lipinski definition) is 1. The first-order chi connectivity index (χ1) is 11.4. The predicted molar refractivity (Wildman–Crippen MR) is 85.6 cm³/mol. The lowest BCUT2D eigenvalue weighted by molar-refractivity contribution is -0.149. The second-order valence-corrected chi connectivity index (χ2v) is 5.49. The van der Waals surface area contributed by atoms with Crippen LogP contribution >= 0.6 is 15.9 Å². The Kier molecular flexibility index (Phi) is 6.25. The van der Waals surface area contributed by atoms with Crippen molar-refractivity contribution in [2.45, 2.75) is 0 Å². The summed E-state index contributed by atoms with van der Waals surface area (Å²) < 4.78 is 37.1. The summed E-state index contributed by atoms with van der Waals surface area (Å²) in [6.07, 6.45) is 0. The van der Waals surface area contributed by atoms with E-state index in [0.29, 0.717) is 5.75 Å². The maximum atomic E-state index is 13.4. The van der Waals surface area contributed by atoms with E-state index in [-0.39, 0.29) is 12.3 Å². The van der Waals surface area contributed by atoms with E-state index in [1.54, 1.807) is 24.3 Å². The van der Waals surface area contributed by atoms with Gasteiger partial charge in [0.05, 0.1) is 5.69 Å². The van der Waals surface area contributed by atoms with Crippen LogP contribution in [0.4, 0.5) is 14.5 Å². The lowest BCUT2D eigenvalue weighted by atomic mass is 10.3. The lowest BCUT2D eigenvalue weighted by Crippen LogP contribution is -2.24. The van der Waals surface area contributed by atoms with Crippen molar-refractivity contribution in [3.63, 3.8) is 0 Å². The Labute approximate surface area is 144 Å². The number of hydrogen-bond acceptors (Lipinski definition) is 4. The number of carbonyl (C=O) groups is 2. The van der Waals surface area contributed by atoms with Crippen molar-refractivity contribution in [1.29, 1.82) is 0 Å². The second kappa shape index (κ2) is 8.39. The summed E-state index contributed by atoms with van der Waals surface area (Å²) in [5.74, 6) is -2.60. The lowest BCUT2D eigenvalue weighted by Gasteiger charge is -2.08. The minimum absolute atomic E-state index is 0.331. The quantitative estimate of drug-likeness (QED) is 0.756. The third kappa shape index (κ3) is 5.62. The molecule has 0 saturated heterocycles. The van der Waals surface area contributed by atoms with Gasteiger partial charge in [-0.3, -0.25) is 4.79 Å². The third-order valence-corrected chi connectivity index (χ3v) is 3.27. The Morgan fingerprint density at radius 3 is 2.46 bits per heavy atom. The molecule has 5 nitrogen and oxygen atoms in total. The Hall–Kier alpha value is -2.48. The molecule has 24 heavy (non-hydrogen) atoms. The van der Waals surface area contributed by atoms with Crippen LogP contribution in [0.15, 0.2) is 46.9 Å². The van der Waals surface area contributed by atoms with Gasteiger partial charge in [0, 0.05) is 10.5 Å². The molecule has 0 atom stereocenters. The average Bonchev–Trinajstić information content (AvgIpc) is 2.56. The molecule has 2 aromatic carbocycles. The molecule has 0 unspecified atom stereocenters. The fraction of sp³-hybridized carbons (Fsp3) is 0.125. The zero-order chi connectivity index (χ0) is 17.5. The molecule has 8 heteroatoms. The van der Waals surface area contributed by atoms with Gasteiger partial charge < -0.3 is 14.8 Å². The number of rotatable bonds is 6. The van der Waals surface area contributed by atoms with Crippen LogP contribution in [0.3, 0.4) is 0 Å². The van der Waals surface area contributed by atoms with Crippen molar-refractivity contribution in [2.75, 3.05) is 18.5 Å². The van der Waals surface area contributed by atoms with Crippen molar-refractivity contribution in [1.82, 2.24) is 0 Å². The van der Waals surface area contributed by atoms with E-state index in [1.165, 1.54) is 0 Å². The van der Waals surface area contributed by atoms with E-state index in [1.807, 2.05) is 0 Å². The molecule has 0 spiro atoms. The number of nitrogens with one attached hydrogen (secondary N) is 1. The van der Waals surface area contributed by atoms with Crippen LogP contribution in [0.1, 0.15) is 0 Å². The molecule has 0 aliphatic heterocycles. The van der Waals surface area contributed by atoms with Gasteiger partial charge in [-0.1, -0.05) is 15.9 Å². The summed E-state index contributed by atoms with van der Waals surface area (Å²) in [6.45, 7) is -1.03. The molecule has 0 aliphatic rings. The molecule has 1 amide bonds. The fourth-order valence-electron chi connectivity index (χ4n) is 1.64. The highest BCUT2D eigenvalue weighted by atomic mass is 79.9. The Balaban J connectivity index is 1.75. The fourth-order valence-corrected chi connectivity index (χ4v) is 1.90. The normalized spacial score (nSPS) is 10.1. The van der Waals surface area contributed by atoms with E-state index in [0.717, 1.165) is 22.7 Å². The smallest absolute Gasteiger partial charge is 0.344 e. The zero-order valence-electron chi connectivity index (χ0n) is 12.2. The highest BCUT2D eigenvalue weighted by Gasteiger charge is 2.11. The van der Waals surface area contributed by atoms with E-state index in [9.17, 15) is 18.4 Å². The van der Waals surface area contributed by atoms with Crippen molar-refractivity contribution in [3.05, 3.63) is 58.6 Å². The molecule has 0 fully saturated rings. The molecular formula is C16H12BrF2NO4. The highest BCUT2D eigenvalue weighted by Crippen LogP contribution is 2.16. The molecule has 0 heterocycles. The van der Waals surface area contributed by atoms with Gasteiger partial charge in [-0.25, -0.2) is 13.6 Å². The maximum absolute atomic E-state index is 13.4. The van der Waals surface area contributed by atoms with Crippen LogP contribution in [0.25, 0.3) is 0 Å². The van der Waals surface area contributed by atoms with Crippen molar-refractivity contribution in [2.24, 2.45) is 0 Å².